The second-order valence-corrected chi connectivity index (χ2v) is 4.00. The lowest BCUT2D eigenvalue weighted by atomic mass is 10.0. The molecule has 1 unspecified atom stereocenters. The van der Waals surface area contributed by atoms with Gasteiger partial charge >= 0.3 is 0 Å². The minimum Gasteiger partial charge on any atom is -0.303 e. The van der Waals surface area contributed by atoms with Crippen LogP contribution in [0.25, 0.3) is 10.8 Å². The zero-order valence-electron chi connectivity index (χ0n) is 8.19. The monoisotopic (exact) mass is 218 g/mol. The highest BCUT2D eigenvalue weighted by atomic mass is 35.5. The Bertz CT molecular complexity index is 479. The van der Waals surface area contributed by atoms with E-state index in [9.17, 15) is 4.79 Å². The van der Waals surface area contributed by atoms with Gasteiger partial charge in [-0.25, -0.2) is 0 Å². The number of carbonyl (C=O) groups excluding carboxylic acids is 1. The first-order valence-electron chi connectivity index (χ1n) is 4.87. The Kier molecular flexibility index (Phi) is 3.02. The van der Waals surface area contributed by atoms with E-state index in [1.165, 1.54) is 5.39 Å². The minimum atomic E-state index is -0.216. The summed E-state index contributed by atoms with van der Waals surface area (Å²) in [7, 11) is 0. The van der Waals surface area contributed by atoms with E-state index in [0.29, 0.717) is 6.42 Å². The lowest BCUT2D eigenvalue weighted by molar-refractivity contribution is -0.107. The first-order valence-corrected chi connectivity index (χ1v) is 5.31. The van der Waals surface area contributed by atoms with E-state index in [1.54, 1.807) is 0 Å². The van der Waals surface area contributed by atoms with Gasteiger partial charge in [0.1, 0.15) is 6.29 Å². The molecule has 0 amide bonds. The van der Waals surface area contributed by atoms with E-state index in [-0.39, 0.29) is 5.38 Å². The van der Waals surface area contributed by atoms with Gasteiger partial charge in [0.2, 0.25) is 0 Å². The zero-order chi connectivity index (χ0) is 10.7. The Hall–Kier alpha value is -1.34. The summed E-state index contributed by atoms with van der Waals surface area (Å²) in [6.45, 7) is 0. The third kappa shape index (κ3) is 2.18. The van der Waals surface area contributed by atoms with Crippen LogP contribution in [0.5, 0.6) is 0 Å². The first-order chi connectivity index (χ1) is 7.31. The van der Waals surface area contributed by atoms with Gasteiger partial charge < -0.3 is 4.79 Å². The SMILES string of the molecule is O=CCC(Cl)c1ccc2ccccc2c1. The number of carbonyl (C=O) groups is 1. The Labute approximate surface area is 93.7 Å². The maximum absolute atomic E-state index is 10.4. The van der Waals surface area contributed by atoms with Crippen molar-refractivity contribution in [2.75, 3.05) is 0 Å². The van der Waals surface area contributed by atoms with Gasteiger partial charge in [-0.05, 0) is 22.4 Å². The molecule has 0 aromatic heterocycles. The lowest BCUT2D eigenvalue weighted by Crippen LogP contribution is -1.91. The second kappa shape index (κ2) is 4.45. The molecule has 76 valence electrons. The van der Waals surface area contributed by atoms with Crippen LogP contribution in [-0.2, 0) is 4.79 Å². The van der Waals surface area contributed by atoms with Crippen molar-refractivity contribution < 1.29 is 4.79 Å². The van der Waals surface area contributed by atoms with Gasteiger partial charge in [-0.15, -0.1) is 11.6 Å². The van der Waals surface area contributed by atoms with Crippen LogP contribution < -0.4 is 0 Å². The number of aldehydes is 1. The van der Waals surface area contributed by atoms with Gasteiger partial charge in [0, 0.05) is 6.42 Å². The molecular formula is C13H11ClO. The normalized spacial score (nSPS) is 12.6. The number of rotatable bonds is 3. The third-order valence-corrected chi connectivity index (χ3v) is 2.87. The second-order valence-electron chi connectivity index (χ2n) is 3.48. The predicted octanol–water partition coefficient (Wildman–Crippen LogP) is 3.71. The van der Waals surface area contributed by atoms with Crippen molar-refractivity contribution in [3.8, 4) is 0 Å². The molecule has 2 aromatic rings. The average Bonchev–Trinajstić information content (AvgIpc) is 2.29. The topological polar surface area (TPSA) is 17.1 Å². The molecule has 0 saturated carbocycles. The van der Waals surface area contributed by atoms with E-state index in [1.807, 2.05) is 36.4 Å². The van der Waals surface area contributed by atoms with Crippen LogP contribution in [-0.4, -0.2) is 6.29 Å². The van der Waals surface area contributed by atoms with Crippen molar-refractivity contribution in [3.05, 3.63) is 48.0 Å². The summed E-state index contributed by atoms with van der Waals surface area (Å²) in [5, 5.41) is 2.13. The summed E-state index contributed by atoms with van der Waals surface area (Å²) in [5.41, 5.74) is 1.00. The number of halogens is 1. The van der Waals surface area contributed by atoms with Crippen LogP contribution in [0.15, 0.2) is 42.5 Å². The van der Waals surface area contributed by atoms with Crippen molar-refractivity contribution in [2.45, 2.75) is 11.8 Å². The Balaban J connectivity index is 2.42. The van der Waals surface area contributed by atoms with Crippen molar-refractivity contribution in [2.24, 2.45) is 0 Å². The summed E-state index contributed by atoms with van der Waals surface area (Å²) < 4.78 is 0. The van der Waals surface area contributed by atoms with Crippen LogP contribution in [0.1, 0.15) is 17.4 Å². The van der Waals surface area contributed by atoms with Crippen molar-refractivity contribution >= 4 is 28.7 Å². The fourth-order valence-corrected chi connectivity index (χ4v) is 1.83. The number of hydrogen-bond donors (Lipinski definition) is 0. The lowest BCUT2D eigenvalue weighted by Gasteiger charge is -2.07. The quantitative estimate of drug-likeness (QED) is 0.567. The molecule has 15 heavy (non-hydrogen) atoms. The van der Waals surface area contributed by atoms with E-state index >= 15 is 0 Å². The van der Waals surface area contributed by atoms with Crippen LogP contribution >= 0.6 is 11.6 Å². The van der Waals surface area contributed by atoms with Crippen molar-refractivity contribution in [1.29, 1.82) is 0 Å². The molecule has 0 spiro atoms. The standard InChI is InChI=1S/C13H11ClO/c14-13(7-8-15)12-6-5-10-3-1-2-4-11(10)9-12/h1-6,8-9,13H,7H2. The highest BCUT2D eigenvalue weighted by Crippen LogP contribution is 2.26. The molecule has 1 nitrogen and oxygen atoms in total. The first kappa shape index (κ1) is 10.2. The number of hydrogen-bond acceptors (Lipinski definition) is 1. The molecular weight excluding hydrogens is 208 g/mol. The van der Waals surface area contributed by atoms with E-state index in [0.717, 1.165) is 17.2 Å². The molecule has 0 fully saturated rings. The molecule has 0 heterocycles. The Morgan fingerprint density at radius 1 is 1.13 bits per heavy atom. The van der Waals surface area contributed by atoms with Gasteiger partial charge in [0.25, 0.3) is 0 Å². The van der Waals surface area contributed by atoms with Crippen molar-refractivity contribution in [3.63, 3.8) is 0 Å². The summed E-state index contributed by atoms with van der Waals surface area (Å²) in [6, 6.07) is 14.1. The Morgan fingerprint density at radius 3 is 2.60 bits per heavy atom. The fourth-order valence-electron chi connectivity index (χ4n) is 1.62. The molecule has 0 radical (unpaired) electrons. The summed E-state index contributed by atoms with van der Waals surface area (Å²) in [4.78, 5) is 10.4. The molecule has 0 bridgehead atoms. The van der Waals surface area contributed by atoms with E-state index < -0.39 is 0 Å². The Morgan fingerprint density at radius 2 is 1.87 bits per heavy atom. The summed E-state index contributed by atoms with van der Waals surface area (Å²) in [5.74, 6) is 0. The zero-order valence-corrected chi connectivity index (χ0v) is 8.95. The van der Waals surface area contributed by atoms with Gasteiger partial charge in [-0.1, -0.05) is 36.4 Å². The third-order valence-electron chi connectivity index (χ3n) is 2.44. The van der Waals surface area contributed by atoms with Crippen LogP contribution in [0.3, 0.4) is 0 Å². The van der Waals surface area contributed by atoms with Crippen molar-refractivity contribution in [1.82, 2.24) is 0 Å². The molecule has 0 aliphatic rings. The maximum atomic E-state index is 10.4. The van der Waals surface area contributed by atoms with Crippen LogP contribution in [0.4, 0.5) is 0 Å². The fraction of sp³-hybridized carbons (Fsp3) is 0.154. The van der Waals surface area contributed by atoms with Gasteiger partial charge in [-0.3, -0.25) is 0 Å². The maximum Gasteiger partial charge on any atom is 0.121 e. The molecule has 0 aliphatic carbocycles. The number of alkyl halides is 1. The molecule has 0 N–H and O–H groups in total. The summed E-state index contributed by atoms with van der Waals surface area (Å²) in [6.07, 6.45) is 1.22. The highest BCUT2D eigenvalue weighted by molar-refractivity contribution is 6.21. The van der Waals surface area contributed by atoms with Crippen LogP contribution in [0, 0.1) is 0 Å². The summed E-state index contributed by atoms with van der Waals surface area (Å²) >= 11 is 6.08. The molecule has 0 saturated heterocycles. The predicted molar refractivity (Wildman–Crippen MR) is 63.2 cm³/mol. The highest BCUT2D eigenvalue weighted by Gasteiger charge is 2.07. The van der Waals surface area contributed by atoms with Crippen LogP contribution in [0.2, 0.25) is 0 Å². The van der Waals surface area contributed by atoms with E-state index in [2.05, 4.69) is 6.07 Å². The largest absolute Gasteiger partial charge is 0.303 e. The smallest absolute Gasteiger partial charge is 0.121 e. The van der Waals surface area contributed by atoms with Gasteiger partial charge in [-0.2, -0.15) is 0 Å². The molecule has 2 aromatic carbocycles. The van der Waals surface area contributed by atoms with Gasteiger partial charge in [0.15, 0.2) is 0 Å². The molecule has 1 atom stereocenters. The minimum absolute atomic E-state index is 0.216. The molecule has 2 heteroatoms. The average molecular weight is 219 g/mol. The molecule has 0 aliphatic heterocycles. The number of benzene rings is 2. The van der Waals surface area contributed by atoms with E-state index in [4.69, 9.17) is 11.6 Å². The number of fused-ring (bicyclic) bond motifs is 1. The van der Waals surface area contributed by atoms with Gasteiger partial charge in [0.05, 0.1) is 5.38 Å². The molecule has 2 rings (SSSR count).